The summed E-state index contributed by atoms with van der Waals surface area (Å²) >= 11 is 0. The predicted octanol–water partition coefficient (Wildman–Crippen LogP) is 1.89. The first-order valence-corrected chi connectivity index (χ1v) is 8.99. The van der Waals surface area contributed by atoms with Gasteiger partial charge in [0.15, 0.2) is 0 Å². The highest BCUT2D eigenvalue weighted by atomic mass is 16.2. The van der Waals surface area contributed by atoms with Gasteiger partial charge in [0.05, 0.1) is 0 Å². The van der Waals surface area contributed by atoms with Crippen LogP contribution in [-0.4, -0.2) is 52.8 Å². The topological polar surface area (TPSA) is 69.7 Å². The van der Waals surface area contributed by atoms with Crippen LogP contribution in [0.15, 0.2) is 36.4 Å². The Balaban J connectivity index is 1.75. The lowest BCUT2D eigenvalue weighted by molar-refractivity contribution is -0.138. The molecule has 4 amide bonds. The summed E-state index contributed by atoms with van der Waals surface area (Å²) in [4.78, 5) is 40.7. The summed E-state index contributed by atoms with van der Waals surface area (Å²) in [7, 11) is 0. The summed E-state index contributed by atoms with van der Waals surface area (Å²) in [6.07, 6.45) is 1.77. The molecule has 0 saturated carbocycles. The Hall–Kier alpha value is -2.63. The molecule has 26 heavy (non-hydrogen) atoms. The van der Waals surface area contributed by atoms with E-state index in [0.29, 0.717) is 25.9 Å². The number of likely N-dealkylation sites (N-methyl/N-ethyl adjacent to an activating group) is 1. The second kappa shape index (κ2) is 6.94. The summed E-state index contributed by atoms with van der Waals surface area (Å²) < 4.78 is 0. The van der Waals surface area contributed by atoms with E-state index in [1.165, 1.54) is 5.56 Å². The summed E-state index contributed by atoms with van der Waals surface area (Å²) in [5, 5.41) is 2.86. The van der Waals surface area contributed by atoms with Gasteiger partial charge in [0.1, 0.15) is 12.1 Å². The van der Waals surface area contributed by atoms with Crippen LogP contribution in [0, 0.1) is 0 Å². The quantitative estimate of drug-likeness (QED) is 0.648. The van der Waals surface area contributed by atoms with Gasteiger partial charge in [-0.25, -0.2) is 4.79 Å². The van der Waals surface area contributed by atoms with Crippen LogP contribution < -0.4 is 5.32 Å². The fourth-order valence-corrected chi connectivity index (χ4v) is 3.78. The number of imide groups is 1. The lowest BCUT2D eigenvalue weighted by Crippen LogP contribution is -2.51. The minimum absolute atomic E-state index is 0.227. The van der Waals surface area contributed by atoms with E-state index >= 15 is 0 Å². The molecule has 3 rings (SSSR count). The number of urea groups is 1. The second-order valence-electron chi connectivity index (χ2n) is 7.21. The Morgan fingerprint density at radius 3 is 2.65 bits per heavy atom. The monoisotopic (exact) mass is 355 g/mol. The molecule has 1 fully saturated rings. The number of aryl methyl sites for hydroxylation is 1. The maximum atomic E-state index is 13.0. The molecule has 1 heterocycles. The first kappa shape index (κ1) is 18.2. The van der Waals surface area contributed by atoms with Crippen molar-refractivity contribution in [3.63, 3.8) is 0 Å². The molecular formula is C20H25N3O3. The molecule has 6 nitrogen and oxygen atoms in total. The average molecular weight is 355 g/mol. The molecule has 1 aromatic rings. The Labute approximate surface area is 153 Å². The third-order valence-electron chi connectivity index (χ3n) is 5.17. The van der Waals surface area contributed by atoms with Crippen LogP contribution in [0.4, 0.5) is 4.79 Å². The molecule has 1 saturated heterocycles. The average Bonchev–Trinajstić information content (AvgIpc) is 2.83. The van der Waals surface area contributed by atoms with Crippen molar-refractivity contribution in [2.24, 2.45) is 0 Å². The van der Waals surface area contributed by atoms with Crippen molar-refractivity contribution in [3.8, 4) is 0 Å². The smallest absolute Gasteiger partial charge is 0.325 e. The van der Waals surface area contributed by atoms with Crippen molar-refractivity contribution < 1.29 is 14.4 Å². The molecule has 1 aromatic carbocycles. The van der Waals surface area contributed by atoms with Gasteiger partial charge in [-0.1, -0.05) is 36.4 Å². The summed E-state index contributed by atoms with van der Waals surface area (Å²) in [5.41, 5.74) is 2.24. The number of nitrogens with one attached hydrogen (secondary N) is 1. The summed E-state index contributed by atoms with van der Waals surface area (Å²) in [5.74, 6) is -0.538. The highest BCUT2D eigenvalue weighted by Gasteiger charge is 2.52. The van der Waals surface area contributed by atoms with Crippen LogP contribution >= 0.6 is 0 Å². The molecule has 6 heteroatoms. The maximum Gasteiger partial charge on any atom is 0.325 e. The van der Waals surface area contributed by atoms with E-state index in [4.69, 9.17) is 0 Å². The van der Waals surface area contributed by atoms with Gasteiger partial charge >= 0.3 is 6.03 Å². The summed E-state index contributed by atoms with van der Waals surface area (Å²) in [6.45, 7) is 8.24. The molecule has 1 N–H and O–H groups in total. The van der Waals surface area contributed by atoms with Crippen molar-refractivity contribution in [2.75, 3.05) is 19.6 Å². The first-order chi connectivity index (χ1) is 12.4. The van der Waals surface area contributed by atoms with Crippen molar-refractivity contribution in [1.29, 1.82) is 0 Å². The van der Waals surface area contributed by atoms with Crippen molar-refractivity contribution in [2.45, 2.75) is 38.6 Å². The van der Waals surface area contributed by atoms with E-state index in [9.17, 15) is 14.4 Å². The van der Waals surface area contributed by atoms with E-state index < -0.39 is 11.6 Å². The Morgan fingerprint density at radius 2 is 2.00 bits per heavy atom. The number of hydrogen-bond donors (Lipinski definition) is 1. The third kappa shape index (κ3) is 3.23. The van der Waals surface area contributed by atoms with E-state index in [1.54, 1.807) is 4.90 Å². The van der Waals surface area contributed by atoms with Gasteiger partial charge in [0.2, 0.25) is 5.91 Å². The Bertz CT molecular complexity index is 773. The molecule has 0 bridgehead atoms. The Kier molecular flexibility index (Phi) is 4.85. The van der Waals surface area contributed by atoms with Gasteiger partial charge < -0.3 is 10.2 Å². The number of rotatable bonds is 5. The number of carbonyl (C=O) groups excluding carboxylic acids is 3. The molecule has 1 spiro atoms. The van der Waals surface area contributed by atoms with Gasteiger partial charge in [0, 0.05) is 19.5 Å². The molecule has 0 radical (unpaired) electrons. The van der Waals surface area contributed by atoms with Gasteiger partial charge in [-0.3, -0.25) is 14.5 Å². The molecule has 0 aromatic heterocycles. The lowest BCUT2D eigenvalue weighted by atomic mass is 9.78. The largest absolute Gasteiger partial charge is 0.337 e. The number of hydrogen-bond acceptors (Lipinski definition) is 3. The normalized spacial score (nSPS) is 21.5. The zero-order valence-corrected chi connectivity index (χ0v) is 15.4. The zero-order valence-electron chi connectivity index (χ0n) is 15.4. The standard InChI is InChI=1S/C20H25N3O3/c1-4-22(12-14(2)3)17(24)13-23-18(25)20(21-19(23)26)10-9-15-7-5-6-8-16(15)11-20/h5-8H,2,4,9-13H2,1,3H3,(H,21,26). The van der Waals surface area contributed by atoms with Crippen molar-refractivity contribution in [3.05, 3.63) is 47.5 Å². The summed E-state index contributed by atoms with van der Waals surface area (Å²) in [6, 6.07) is 7.50. The molecule has 2 aliphatic rings. The van der Waals surface area contributed by atoms with Crippen LogP contribution in [0.1, 0.15) is 31.4 Å². The number of amides is 4. The fourth-order valence-electron chi connectivity index (χ4n) is 3.78. The van der Waals surface area contributed by atoms with Gasteiger partial charge in [-0.05, 0) is 37.8 Å². The van der Waals surface area contributed by atoms with Gasteiger partial charge in [-0.15, -0.1) is 0 Å². The predicted molar refractivity (Wildman–Crippen MR) is 98.5 cm³/mol. The van der Waals surface area contributed by atoms with E-state index in [1.807, 2.05) is 32.0 Å². The highest BCUT2D eigenvalue weighted by Crippen LogP contribution is 2.33. The van der Waals surface area contributed by atoms with E-state index in [0.717, 1.165) is 22.5 Å². The molecule has 1 aliphatic heterocycles. The van der Waals surface area contributed by atoms with Crippen molar-refractivity contribution >= 4 is 17.8 Å². The minimum atomic E-state index is -0.920. The molecule has 138 valence electrons. The maximum absolute atomic E-state index is 13.0. The van der Waals surface area contributed by atoms with E-state index in [2.05, 4.69) is 18.0 Å². The van der Waals surface area contributed by atoms with E-state index in [-0.39, 0.29) is 18.4 Å². The van der Waals surface area contributed by atoms with Crippen molar-refractivity contribution in [1.82, 2.24) is 15.1 Å². The minimum Gasteiger partial charge on any atom is -0.337 e. The SMILES string of the molecule is C=C(C)CN(CC)C(=O)CN1C(=O)NC2(CCc3ccccc3C2)C1=O. The number of carbonyl (C=O) groups is 3. The van der Waals surface area contributed by atoms with Crippen LogP contribution in [0.3, 0.4) is 0 Å². The lowest BCUT2D eigenvalue weighted by Gasteiger charge is -2.32. The molecular weight excluding hydrogens is 330 g/mol. The van der Waals surface area contributed by atoms with Crippen LogP contribution in [0.5, 0.6) is 0 Å². The molecule has 1 unspecified atom stereocenters. The number of benzene rings is 1. The van der Waals surface area contributed by atoms with Gasteiger partial charge in [-0.2, -0.15) is 0 Å². The Morgan fingerprint density at radius 1 is 1.31 bits per heavy atom. The number of fused-ring (bicyclic) bond motifs is 1. The van der Waals surface area contributed by atoms with Crippen LogP contribution in [-0.2, 0) is 22.4 Å². The second-order valence-corrected chi connectivity index (χ2v) is 7.21. The van der Waals surface area contributed by atoms with Crippen LogP contribution in [0.2, 0.25) is 0 Å². The molecule has 1 atom stereocenters. The third-order valence-corrected chi connectivity index (χ3v) is 5.17. The van der Waals surface area contributed by atoms with Crippen LogP contribution in [0.25, 0.3) is 0 Å². The number of nitrogens with zero attached hydrogens (tertiary/aromatic N) is 2. The zero-order chi connectivity index (χ0) is 18.9. The first-order valence-electron chi connectivity index (χ1n) is 8.99. The fraction of sp³-hybridized carbons (Fsp3) is 0.450. The highest BCUT2D eigenvalue weighted by molar-refractivity contribution is 6.09. The molecule has 1 aliphatic carbocycles. The van der Waals surface area contributed by atoms with Gasteiger partial charge in [0.25, 0.3) is 5.91 Å².